The smallest absolute Gasteiger partial charge is 0.225 e. The van der Waals surface area contributed by atoms with Crippen LogP contribution in [0, 0.1) is 5.92 Å². The van der Waals surface area contributed by atoms with Crippen molar-refractivity contribution < 1.29 is 4.79 Å². The molecule has 0 aromatic heterocycles. The molecule has 0 spiro atoms. The summed E-state index contributed by atoms with van der Waals surface area (Å²) >= 11 is 0. The molecule has 1 aliphatic rings. The molecule has 0 saturated carbocycles. The number of hydrogen-bond donors (Lipinski definition) is 1. The fraction of sp³-hybridized carbons (Fsp3) is 0.571. The van der Waals surface area contributed by atoms with Gasteiger partial charge in [0.1, 0.15) is 0 Å². The van der Waals surface area contributed by atoms with Crippen molar-refractivity contribution in [2.75, 3.05) is 0 Å². The van der Waals surface area contributed by atoms with E-state index in [1.807, 2.05) is 13.0 Å². The maximum Gasteiger partial charge on any atom is 0.225 e. The molecule has 1 aliphatic heterocycles. The number of β-lactam (4-membered cyclic amide) rings is 1. The lowest BCUT2D eigenvalue weighted by molar-refractivity contribution is -0.133. The zero-order valence-corrected chi connectivity index (χ0v) is 5.55. The van der Waals surface area contributed by atoms with E-state index in [0.29, 0.717) is 6.04 Å². The van der Waals surface area contributed by atoms with Gasteiger partial charge in [-0.2, -0.15) is 0 Å². The molecule has 0 aromatic carbocycles. The monoisotopic (exact) mass is 125 g/mol. The predicted octanol–water partition coefficient (Wildman–Crippen LogP) is 0.697. The largest absolute Gasteiger partial charge is 0.352 e. The Hall–Kier alpha value is -0.790. The Balaban J connectivity index is 2.32. The number of nitrogens with one attached hydrogen (secondary N) is 1. The van der Waals surface area contributed by atoms with Gasteiger partial charge < -0.3 is 5.32 Å². The van der Waals surface area contributed by atoms with Crippen LogP contribution < -0.4 is 5.32 Å². The van der Waals surface area contributed by atoms with Crippen molar-refractivity contribution in [3.63, 3.8) is 0 Å². The second-order valence-electron chi connectivity index (χ2n) is 2.43. The van der Waals surface area contributed by atoms with Crippen LogP contribution >= 0.6 is 0 Å². The topological polar surface area (TPSA) is 29.1 Å². The van der Waals surface area contributed by atoms with Crippen LogP contribution in [-0.4, -0.2) is 11.9 Å². The van der Waals surface area contributed by atoms with E-state index in [0.717, 1.165) is 6.42 Å². The molecule has 0 radical (unpaired) electrons. The fourth-order valence-corrected chi connectivity index (χ4v) is 0.968. The number of carbonyl (C=O) groups excluding carboxylic acids is 1. The van der Waals surface area contributed by atoms with Gasteiger partial charge in [-0.15, -0.1) is 6.58 Å². The van der Waals surface area contributed by atoms with Gasteiger partial charge in [0.25, 0.3) is 0 Å². The molecule has 1 N–H and O–H groups in total. The van der Waals surface area contributed by atoms with Crippen LogP contribution in [0.25, 0.3) is 0 Å². The van der Waals surface area contributed by atoms with Gasteiger partial charge >= 0.3 is 0 Å². The highest BCUT2D eigenvalue weighted by atomic mass is 16.2. The van der Waals surface area contributed by atoms with E-state index in [4.69, 9.17) is 0 Å². The quantitative estimate of drug-likeness (QED) is 0.427. The molecule has 1 heterocycles. The van der Waals surface area contributed by atoms with Crippen molar-refractivity contribution in [1.29, 1.82) is 0 Å². The molecule has 0 aliphatic carbocycles. The first-order valence-corrected chi connectivity index (χ1v) is 3.17. The second kappa shape index (κ2) is 2.21. The van der Waals surface area contributed by atoms with Crippen molar-refractivity contribution in [3.8, 4) is 0 Å². The molecule has 50 valence electrons. The Morgan fingerprint density at radius 2 is 2.56 bits per heavy atom. The van der Waals surface area contributed by atoms with Gasteiger partial charge in [-0.3, -0.25) is 4.79 Å². The molecular weight excluding hydrogens is 114 g/mol. The number of amides is 1. The highest BCUT2D eigenvalue weighted by Gasteiger charge is 2.33. The highest BCUT2D eigenvalue weighted by Crippen LogP contribution is 2.16. The molecule has 2 nitrogen and oxygen atoms in total. The van der Waals surface area contributed by atoms with Crippen LogP contribution in [0.5, 0.6) is 0 Å². The summed E-state index contributed by atoms with van der Waals surface area (Å²) in [7, 11) is 0. The molecule has 2 atom stereocenters. The summed E-state index contributed by atoms with van der Waals surface area (Å²) in [6.45, 7) is 5.53. The lowest BCUT2D eigenvalue weighted by Gasteiger charge is -2.33. The van der Waals surface area contributed by atoms with Crippen LogP contribution in [0.3, 0.4) is 0 Å². The molecule has 2 heteroatoms. The zero-order valence-electron chi connectivity index (χ0n) is 5.55. The molecule has 1 amide bonds. The average molecular weight is 125 g/mol. The first-order chi connectivity index (χ1) is 4.25. The van der Waals surface area contributed by atoms with E-state index in [9.17, 15) is 4.79 Å². The van der Waals surface area contributed by atoms with Crippen molar-refractivity contribution >= 4 is 5.91 Å². The van der Waals surface area contributed by atoms with Gasteiger partial charge in [-0.25, -0.2) is 0 Å². The molecule has 0 unspecified atom stereocenters. The number of hydrogen-bond acceptors (Lipinski definition) is 1. The number of carbonyl (C=O) groups is 1. The van der Waals surface area contributed by atoms with Crippen LogP contribution in [0.4, 0.5) is 0 Å². The maximum absolute atomic E-state index is 10.6. The lowest BCUT2D eigenvalue weighted by atomic mass is 9.90. The van der Waals surface area contributed by atoms with Crippen LogP contribution in [0.15, 0.2) is 12.7 Å². The summed E-state index contributed by atoms with van der Waals surface area (Å²) in [6, 6.07) is 0.356. The van der Waals surface area contributed by atoms with Crippen LogP contribution in [-0.2, 0) is 4.79 Å². The maximum atomic E-state index is 10.6. The van der Waals surface area contributed by atoms with Gasteiger partial charge in [0.05, 0.1) is 5.92 Å². The number of rotatable bonds is 2. The molecule has 1 rings (SSSR count). The third-order valence-corrected chi connectivity index (χ3v) is 1.77. The Bertz CT molecular complexity index is 140. The van der Waals surface area contributed by atoms with E-state index in [1.165, 1.54) is 0 Å². The van der Waals surface area contributed by atoms with E-state index in [2.05, 4.69) is 11.9 Å². The highest BCUT2D eigenvalue weighted by molar-refractivity contribution is 5.85. The van der Waals surface area contributed by atoms with Gasteiger partial charge in [-0.05, 0) is 6.42 Å². The fourth-order valence-electron chi connectivity index (χ4n) is 0.968. The SMILES string of the molecule is C=CC[C@@H]1NC(=O)[C@H]1C. The normalized spacial score (nSPS) is 32.8. The van der Waals surface area contributed by atoms with E-state index in [1.54, 1.807) is 0 Å². The van der Waals surface area contributed by atoms with Crippen LogP contribution in [0.2, 0.25) is 0 Å². The lowest BCUT2D eigenvalue weighted by Crippen LogP contribution is -2.56. The Morgan fingerprint density at radius 1 is 1.89 bits per heavy atom. The summed E-state index contributed by atoms with van der Waals surface area (Å²) in [5.74, 6) is 0.366. The Labute approximate surface area is 54.9 Å². The minimum Gasteiger partial charge on any atom is -0.352 e. The van der Waals surface area contributed by atoms with E-state index < -0.39 is 0 Å². The van der Waals surface area contributed by atoms with E-state index in [-0.39, 0.29) is 11.8 Å². The summed E-state index contributed by atoms with van der Waals surface area (Å²) in [5.41, 5.74) is 0. The van der Waals surface area contributed by atoms with Gasteiger partial charge in [0.2, 0.25) is 5.91 Å². The Morgan fingerprint density at radius 3 is 2.89 bits per heavy atom. The zero-order chi connectivity index (χ0) is 6.85. The van der Waals surface area contributed by atoms with Crippen molar-refractivity contribution in [1.82, 2.24) is 5.32 Å². The first-order valence-electron chi connectivity index (χ1n) is 3.17. The summed E-state index contributed by atoms with van der Waals surface area (Å²) < 4.78 is 0. The minimum atomic E-state index is 0.168. The predicted molar refractivity (Wildman–Crippen MR) is 35.9 cm³/mol. The van der Waals surface area contributed by atoms with Crippen molar-refractivity contribution in [2.24, 2.45) is 5.92 Å². The minimum absolute atomic E-state index is 0.168. The van der Waals surface area contributed by atoms with Gasteiger partial charge in [-0.1, -0.05) is 13.0 Å². The molecule has 0 aromatic rings. The summed E-state index contributed by atoms with van der Waals surface area (Å²) in [6.07, 6.45) is 2.73. The second-order valence-corrected chi connectivity index (χ2v) is 2.43. The van der Waals surface area contributed by atoms with Gasteiger partial charge in [0.15, 0.2) is 0 Å². The third-order valence-electron chi connectivity index (χ3n) is 1.77. The molecule has 9 heavy (non-hydrogen) atoms. The van der Waals surface area contributed by atoms with Crippen molar-refractivity contribution in [3.05, 3.63) is 12.7 Å². The summed E-state index contributed by atoms with van der Waals surface area (Å²) in [5, 5.41) is 2.78. The Kier molecular flexibility index (Phi) is 1.56. The standard InChI is InChI=1S/C7H11NO/c1-3-4-6-5(2)7(9)8-6/h3,5-6H,1,4H2,2H3,(H,8,9)/t5-,6-/m0/s1. The first kappa shape index (κ1) is 6.33. The molecule has 1 fully saturated rings. The molecular formula is C7H11NO. The van der Waals surface area contributed by atoms with Crippen LogP contribution in [0.1, 0.15) is 13.3 Å². The third kappa shape index (κ3) is 0.969. The summed E-state index contributed by atoms with van der Waals surface area (Å²) in [4.78, 5) is 10.6. The van der Waals surface area contributed by atoms with Gasteiger partial charge in [0, 0.05) is 6.04 Å². The molecule has 0 bridgehead atoms. The van der Waals surface area contributed by atoms with E-state index >= 15 is 0 Å². The average Bonchev–Trinajstić information content (AvgIpc) is 1.88. The molecule has 1 saturated heterocycles. The van der Waals surface area contributed by atoms with Crippen molar-refractivity contribution in [2.45, 2.75) is 19.4 Å².